The first-order valence-electron chi connectivity index (χ1n) is 11.9. The fourth-order valence-corrected chi connectivity index (χ4v) is 5.70. The fourth-order valence-electron chi connectivity index (χ4n) is 4.22. The highest BCUT2D eigenvalue weighted by atomic mass is 32.2. The predicted molar refractivity (Wildman–Crippen MR) is 143 cm³/mol. The number of para-hydroxylation sites is 1. The molecule has 11 nitrogen and oxygen atoms in total. The van der Waals surface area contributed by atoms with Crippen molar-refractivity contribution < 1.29 is 17.9 Å². The van der Waals surface area contributed by atoms with Crippen molar-refractivity contribution in [2.24, 2.45) is 0 Å². The minimum absolute atomic E-state index is 0.204. The minimum Gasteiger partial charge on any atom is -0.494 e. The second-order valence-corrected chi connectivity index (χ2v) is 11.3. The molecular weight excluding hydrogens is 506 g/mol. The number of aryl methyl sites for hydroxylation is 2. The van der Waals surface area contributed by atoms with Crippen LogP contribution in [0.25, 0.3) is 17.1 Å². The number of aromatic nitrogens is 6. The number of benzene rings is 1. The molecule has 200 valence electrons. The van der Waals surface area contributed by atoms with Gasteiger partial charge in [0.15, 0.2) is 21.5 Å². The third kappa shape index (κ3) is 5.36. The first-order valence-corrected chi connectivity index (χ1v) is 13.7. The van der Waals surface area contributed by atoms with Crippen molar-refractivity contribution in [2.75, 3.05) is 21.3 Å². The Morgan fingerprint density at radius 1 is 0.974 bits per heavy atom. The largest absolute Gasteiger partial charge is 0.494 e. The Kier molecular flexibility index (Phi) is 8.02. The van der Waals surface area contributed by atoms with E-state index in [1.807, 2.05) is 19.9 Å². The smallest absolute Gasteiger partial charge is 0.170 e. The summed E-state index contributed by atoms with van der Waals surface area (Å²) in [4.78, 5) is 13.0. The third-order valence-corrected chi connectivity index (χ3v) is 8.31. The van der Waals surface area contributed by atoms with E-state index in [1.54, 1.807) is 61.5 Å². The number of ether oxygens (including phenoxy) is 2. The predicted octanol–water partition coefficient (Wildman–Crippen LogP) is 3.02. The van der Waals surface area contributed by atoms with Crippen LogP contribution in [0.15, 0.2) is 49.1 Å². The fraction of sp³-hybridized carbons (Fsp3) is 0.346. The molecule has 0 aliphatic heterocycles. The Bertz CT molecular complexity index is 1500. The van der Waals surface area contributed by atoms with Gasteiger partial charge in [0.2, 0.25) is 0 Å². The van der Waals surface area contributed by atoms with Gasteiger partial charge in [-0.25, -0.2) is 18.4 Å². The molecule has 0 saturated carbocycles. The summed E-state index contributed by atoms with van der Waals surface area (Å²) in [5, 5.41) is 10.9. The molecule has 0 radical (unpaired) electrons. The first kappa shape index (κ1) is 27.1. The minimum atomic E-state index is -3.79. The SMILES string of the molecule is CN[C@@H](c1ncc(C)cn1)[C@H](C)S(=O)(=O)Cc1nnc(-c2cncc(C)c2)n1-c1c(OC)cccc1OC. The molecule has 4 rings (SSSR count). The van der Waals surface area contributed by atoms with Crippen molar-refractivity contribution in [1.29, 1.82) is 0 Å². The van der Waals surface area contributed by atoms with Crippen LogP contribution in [-0.4, -0.2) is 64.7 Å². The number of rotatable bonds is 10. The summed E-state index contributed by atoms with van der Waals surface area (Å²) in [6, 6.07) is 6.60. The standard InChI is InChI=1S/C26H31N7O4S/c1-16-10-19(14-28-11-16)26-32-31-22(33(26)24-20(36-5)8-7-9-21(24)37-6)15-38(34,35)18(3)23(27-4)25-29-12-17(2)13-30-25/h7-14,18,23,27H,15H2,1-6H3/t18-,23+/m0/s1. The maximum Gasteiger partial charge on any atom is 0.170 e. The van der Waals surface area contributed by atoms with Crippen LogP contribution in [0.2, 0.25) is 0 Å². The van der Waals surface area contributed by atoms with Gasteiger partial charge in [-0.15, -0.1) is 10.2 Å². The summed E-state index contributed by atoms with van der Waals surface area (Å²) in [6.45, 7) is 5.42. The van der Waals surface area contributed by atoms with E-state index in [-0.39, 0.29) is 5.82 Å². The zero-order valence-electron chi connectivity index (χ0n) is 22.2. The maximum atomic E-state index is 13.8. The lowest BCUT2D eigenvalue weighted by Crippen LogP contribution is -2.36. The molecule has 0 saturated heterocycles. The Morgan fingerprint density at radius 2 is 1.63 bits per heavy atom. The molecule has 0 unspecified atom stereocenters. The number of pyridine rings is 1. The summed E-state index contributed by atoms with van der Waals surface area (Å²) in [5.41, 5.74) is 2.96. The van der Waals surface area contributed by atoms with E-state index in [0.29, 0.717) is 34.4 Å². The second kappa shape index (κ2) is 11.2. The summed E-state index contributed by atoms with van der Waals surface area (Å²) < 4.78 is 40.5. The molecule has 4 aromatic rings. The number of nitrogens with one attached hydrogen (secondary N) is 1. The van der Waals surface area contributed by atoms with Gasteiger partial charge in [-0.05, 0) is 57.1 Å². The van der Waals surface area contributed by atoms with Gasteiger partial charge in [-0.1, -0.05) is 6.07 Å². The molecule has 0 amide bonds. The second-order valence-electron chi connectivity index (χ2n) is 8.93. The summed E-state index contributed by atoms with van der Waals surface area (Å²) in [7, 11) is 0.964. The molecule has 0 bridgehead atoms. The highest BCUT2D eigenvalue weighted by molar-refractivity contribution is 7.91. The van der Waals surface area contributed by atoms with Crippen LogP contribution in [-0.2, 0) is 15.6 Å². The normalized spacial score (nSPS) is 13.2. The quantitative estimate of drug-likeness (QED) is 0.322. The van der Waals surface area contributed by atoms with Gasteiger partial charge < -0.3 is 14.8 Å². The molecule has 0 fully saturated rings. The Hall–Kier alpha value is -3.90. The van der Waals surface area contributed by atoms with Gasteiger partial charge in [-0.2, -0.15) is 0 Å². The Labute approximate surface area is 222 Å². The van der Waals surface area contributed by atoms with E-state index in [9.17, 15) is 8.42 Å². The lowest BCUT2D eigenvalue weighted by molar-refractivity contribution is 0.390. The number of sulfone groups is 1. The van der Waals surface area contributed by atoms with Crippen molar-refractivity contribution in [1.82, 2.24) is 35.0 Å². The van der Waals surface area contributed by atoms with E-state index in [4.69, 9.17) is 9.47 Å². The van der Waals surface area contributed by atoms with Crippen LogP contribution in [0.4, 0.5) is 0 Å². The highest BCUT2D eigenvalue weighted by Crippen LogP contribution is 2.37. The van der Waals surface area contributed by atoms with E-state index < -0.39 is 26.9 Å². The number of hydrogen-bond donors (Lipinski definition) is 1. The van der Waals surface area contributed by atoms with Gasteiger partial charge in [0.05, 0.1) is 25.5 Å². The highest BCUT2D eigenvalue weighted by Gasteiger charge is 2.34. The molecule has 12 heteroatoms. The van der Waals surface area contributed by atoms with Gasteiger partial charge in [0, 0.05) is 30.4 Å². The molecule has 0 aliphatic carbocycles. The zero-order valence-corrected chi connectivity index (χ0v) is 23.0. The third-order valence-electron chi connectivity index (χ3n) is 6.24. The van der Waals surface area contributed by atoms with Gasteiger partial charge in [0.1, 0.15) is 28.8 Å². The molecule has 3 aromatic heterocycles. The zero-order chi connectivity index (χ0) is 27.4. The van der Waals surface area contributed by atoms with E-state index in [2.05, 4.69) is 30.5 Å². The van der Waals surface area contributed by atoms with Gasteiger partial charge >= 0.3 is 0 Å². The first-order chi connectivity index (χ1) is 18.2. The molecule has 0 spiro atoms. The molecule has 3 heterocycles. The summed E-state index contributed by atoms with van der Waals surface area (Å²) >= 11 is 0. The van der Waals surface area contributed by atoms with Crippen molar-refractivity contribution in [3.63, 3.8) is 0 Å². The lowest BCUT2D eigenvalue weighted by atomic mass is 10.2. The van der Waals surface area contributed by atoms with Gasteiger partial charge in [-0.3, -0.25) is 9.55 Å². The molecule has 2 atom stereocenters. The van der Waals surface area contributed by atoms with Gasteiger partial charge in [0.25, 0.3) is 0 Å². The van der Waals surface area contributed by atoms with Crippen LogP contribution in [0.5, 0.6) is 11.5 Å². The van der Waals surface area contributed by atoms with E-state index in [1.165, 1.54) is 14.2 Å². The van der Waals surface area contributed by atoms with Crippen molar-refractivity contribution in [2.45, 2.75) is 37.8 Å². The molecule has 0 aliphatic rings. The molecule has 38 heavy (non-hydrogen) atoms. The van der Waals surface area contributed by atoms with Crippen LogP contribution in [0.3, 0.4) is 0 Å². The monoisotopic (exact) mass is 537 g/mol. The van der Waals surface area contributed by atoms with Crippen molar-refractivity contribution in [3.8, 4) is 28.6 Å². The number of nitrogens with zero attached hydrogens (tertiary/aromatic N) is 6. The van der Waals surface area contributed by atoms with Crippen LogP contribution < -0.4 is 14.8 Å². The van der Waals surface area contributed by atoms with E-state index in [0.717, 1.165) is 11.1 Å². The summed E-state index contributed by atoms with van der Waals surface area (Å²) in [6.07, 6.45) is 6.71. The van der Waals surface area contributed by atoms with Crippen molar-refractivity contribution in [3.05, 3.63) is 71.8 Å². The van der Waals surface area contributed by atoms with Crippen LogP contribution in [0, 0.1) is 13.8 Å². The average Bonchev–Trinajstić information content (AvgIpc) is 3.31. The Morgan fingerprint density at radius 3 is 2.21 bits per heavy atom. The molecule has 1 aromatic carbocycles. The van der Waals surface area contributed by atoms with E-state index >= 15 is 0 Å². The maximum absolute atomic E-state index is 13.8. The van der Waals surface area contributed by atoms with Crippen LogP contribution >= 0.6 is 0 Å². The molecule has 1 N–H and O–H groups in total. The molecular formula is C26H31N7O4S. The number of hydrogen-bond acceptors (Lipinski definition) is 10. The average molecular weight is 538 g/mol. The lowest BCUT2D eigenvalue weighted by Gasteiger charge is -2.23. The Balaban J connectivity index is 1.84. The number of methoxy groups -OCH3 is 2. The van der Waals surface area contributed by atoms with Crippen molar-refractivity contribution >= 4 is 9.84 Å². The summed E-state index contributed by atoms with van der Waals surface area (Å²) in [5.74, 6) is 1.56. The van der Waals surface area contributed by atoms with Crippen LogP contribution in [0.1, 0.15) is 35.7 Å². The topological polar surface area (TPSA) is 134 Å².